The van der Waals surface area contributed by atoms with Gasteiger partial charge in [-0.05, 0) is 36.8 Å². The summed E-state index contributed by atoms with van der Waals surface area (Å²) in [4.78, 5) is 4.59. The Morgan fingerprint density at radius 2 is 2.12 bits per heavy atom. The van der Waals surface area contributed by atoms with Crippen LogP contribution in [-0.4, -0.2) is 12.0 Å². The molecule has 0 atom stereocenters. The fourth-order valence-corrected chi connectivity index (χ4v) is 2.73. The summed E-state index contributed by atoms with van der Waals surface area (Å²) < 4.78 is 0. The van der Waals surface area contributed by atoms with E-state index in [1.54, 1.807) is 0 Å². The first-order valence-electron chi connectivity index (χ1n) is 6.37. The van der Waals surface area contributed by atoms with Crippen molar-refractivity contribution in [1.82, 2.24) is 4.98 Å². The average molecular weight is 226 g/mol. The molecule has 0 amide bonds. The first-order valence-corrected chi connectivity index (χ1v) is 6.37. The van der Waals surface area contributed by atoms with Crippen LogP contribution in [0.4, 0.5) is 5.69 Å². The van der Waals surface area contributed by atoms with Crippen LogP contribution in [0.5, 0.6) is 0 Å². The molecule has 17 heavy (non-hydrogen) atoms. The lowest BCUT2D eigenvalue weighted by Crippen LogP contribution is -2.12. The van der Waals surface area contributed by atoms with E-state index in [2.05, 4.69) is 35.4 Å². The van der Waals surface area contributed by atoms with Gasteiger partial charge in [0.15, 0.2) is 0 Å². The number of pyridine rings is 1. The summed E-state index contributed by atoms with van der Waals surface area (Å²) in [5.41, 5.74) is 5.11. The molecule has 1 fully saturated rings. The van der Waals surface area contributed by atoms with Crippen LogP contribution in [0.2, 0.25) is 0 Å². The van der Waals surface area contributed by atoms with Crippen molar-refractivity contribution in [2.24, 2.45) is 0 Å². The molecule has 2 aromatic rings. The summed E-state index contributed by atoms with van der Waals surface area (Å²) in [6, 6.07) is 6.49. The Hall–Kier alpha value is -1.57. The maximum atomic E-state index is 4.59. The van der Waals surface area contributed by atoms with Gasteiger partial charge in [0.2, 0.25) is 0 Å². The fraction of sp³-hybridized carbons (Fsp3) is 0.400. The van der Waals surface area contributed by atoms with E-state index in [-0.39, 0.29) is 0 Å². The van der Waals surface area contributed by atoms with Gasteiger partial charge in [-0.1, -0.05) is 24.6 Å². The van der Waals surface area contributed by atoms with E-state index in [1.807, 2.05) is 13.2 Å². The van der Waals surface area contributed by atoms with E-state index in [0.29, 0.717) is 0 Å². The molecule has 3 rings (SSSR count). The van der Waals surface area contributed by atoms with Crippen LogP contribution in [-0.2, 0) is 0 Å². The molecule has 1 N–H and O–H groups in total. The maximum absolute atomic E-state index is 4.59. The lowest BCUT2D eigenvalue weighted by molar-refractivity contribution is 0.423. The van der Waals surface area contributed by atoms with Crippen LogP contribution in [0.3, 0.4) is 0 Å². The number of nitrogens with zero attached hydrogens (tertiary/aromatic N) is 1. The van der Waals surface area contributed by atoms with Crippen LogP contribution in [0, 0.1) is 6.92 Å². The summed E-state index contributed by atoms with van der Waals surface area (Å²) in [6.07, 6.45) is 6.00. The SMILES string of the molecule is CNc1cnc2c(C)cccc2c1C1CCC1. The monoisotopic (exact) mass is 226 g/mol. The Morgan fingerprint density at radius 3 is 2.76 bits per heavy atom. The molecule has 0 aliphatic heterocycles. The van der Waals surface area contributed by atoms with Crippen molar-refractivity contribution >= 4 is 16.6 Å². The zero-order valence-corrected chi connectivity index (χ0v) is 10.5. The van der Waals surface area contributed by atoms with E-state index in [9.17, 15) is 0 Å². The highest BCUT2D eigenvalue weighted by Crippen LogP contribution is 2.43. The van der Waals surface area contributed by atoms with E-state index in [1.165, 1.54) is 41.5 Å². The van der Waals surface area contributed by atoms with E-state index in [0.717, 1.165) is 11.4 Å². The second-order valence-corrected chi connectivity index (χ2v) is 4.93. The molecule has 1 saturated carbocycles. The highest BCUT2D eigenvalue weighted by Gasteiger charge is 2.24. The van der Waals surface area contributed by atoms with E-state index >= 15 is 0 Å². The minimum atomic E-state index is 0.727. The number of hydrogen-bond donors (Lipinski definition) is 1. The Morgan fingerprint density at radius 1 is 1.29 bits per heavy atom. The summed E-state index contributed by atoms with van der Waals surface area (Å²) in [5, 5.41) is 4.63. The predicted octanol–water partition coefficient (Wildman–Crippen LogP) is 3.85. The van der Waals surface area contributed by atoms with Gasteiger partial charge >= 0.3 is 0 Å². The average Bonchev–Trinajstić information content (AvgIpc) is 2.28. The van der Waals surface area contributed by atoms with Crippen molar-refractivity contribution < 1.29 is 0 Å². The number of rotatable bonds is 2. The van der Waals surface area contributed by atoms with Gasteiger partial charge in [-0.2, -0.15) is 0 Å². The first kappa shape index (κ1) is 10.6. The number of benzene rings is 1. The quantitative estimate of drug-likeness (QED) is 0.841. The van der Waals surface area contributed by atoms with Crippen molar-refractivity contribution in [1.29, 1.82) is 0 Å². The van der Waals surface area contributed by atoms with Gasteiger partial charge in [-0.3, -0.25) is 4.98 Å². The molecule has 1 aliphatic rings. The normalized spacial score (nSPS) is 15.9. The van der Waals surface area contributed by atoms with Crippen molar-refractivity contribution in [2.75, 3.05) is 12.4 Å². The Kier molecular flexibility index (Phi) is 2.50. The second-order valence-electron chi connectivity index (χ2n) is 4.93. The standard InChI is InChI=1S/C15H18N2/c1-10-5-3-8-12-14(11-6-4-7-11)13(16-2)9-17-15(10)12/h3,5,8-9,11,16H,4,6-7H2,1-2H3. The summed E-state index contributed by atoms with van der Waals surface area (Å²) >= 11 is 0. The van der Waals surface area contributed by atoms with Gasteiger partial charge in [0.25, 0.3) is 0 Å². The molecule has 2 nitrogen and oxygen atoms in total. The second kappa shape index (κ2) is 4.02. The summed E-state index contributed by atoms with van der Waals surface area (Å²) in [7, 11) is 1.99. The molecular weight excluding hydrogens is 208 g/mol. The number of nitrogens with one attached hydrogen (secondary N) is 1. The van der Waals surface area contributed by atoms with Gasteiger partial charge in [0.05, 0.1) is 17.4 Å². The Labute approximate surface area is 102 Å². The van der Waals surface area contributed by atoms with Crippen LogP contribution in [0.25, 0.3) is 10.9 Å². The molecule has 0 saturated heterocycles. The molecule has 1 aliphatic carbocycles. The lowest BCUT2D eigenvalue weighted by Gasteiger charge is -2.29. The molecule has 0 bridgehead atoms. The van der Waals surface area contributed by atoms with Crippen molar-refractivity contribution in [3.05, 3.63) is 35.5 Å². The number of aromatic nitrogens is 1. The zero-order valence-electron chi connectivity index (χ0n) is 10.5. The van der Waals surface area contributed by atoms with E-state index in [4.69, 9.17) is 0 Å². The van der Waals surface area contributed by atoms with Crippen molar-refractivity contribution in [2.45, 2.75) is 32.1 Å². The molecule has 1 heterocycles. The number of para-hydroxylation sites is 1. The third-order valence-corrected chi connectivity index (χ3v) is 3.92. The molecule has 1 aromatic carbocycles. The first-order chi connectivity index (χ1) is 8.31. The lowest BCUT2D eigenvalue weighted by atomic mass is 9.78. The minimum absolute atomic E-state index is 0.727. The molecule has 0 radical (unpaired) electrons. The summed E-state index contributed by atoms with van der Waals surface area (Å²) in [6.45, 7) is 2.14. The highest BCUT2D eigenvalue weighted by atomic mass is 14.9. The maximum Gasteiger partial charge on any atom is 0.0735 e. The predicted molar refractivity (Wildman–Crippen MR) is 72.6 cm³/mol. The van der Waals surface area contributed by atoms with Crippen LogP contribution >= 0.6 is 0 Å². The molecule has 88 valence electrons. The smallest absolute Gasteiger partial charge is 0.0735 e. The topological polar surface area (TPSA) is 24.9 Å². The Balaban J connectivity index is 2.29. The Bertz CT molecular complexity index is 556. The zero-order chi connectivity index (χ0) is 11.8. The van der Waals surface area contributed by atoms with Gasteiger partial charge in [0, 0.05) is 12.4 Å². The highest BCUT2D eigenvalue weighted by molar-refractivity contribution is 5.89. The van der Waals surface area contributed by atoms with Gasteiger partial charge in [0.1, 0.15) is 0 Å². The van der Waals surface area contributed by atoms with Crippen molar-refractivity contribution in [3.63, 3.8) is 0 Å². The molecule has 0 spiro atoms. The number of fused-ring (bicyclic) bond motifs is 1. The van der Waals surface area contributed by atoms with Gasteiger partial charge < -0.3 is 5.32 Å². The molecule has 2 heteroatoms. The van der Waals surface area contributed by atoms with Crippen LogP contribution in [0.1, 0.15) is 36.3 Å². The molecular formula is C15H18N2. The third-order valence-electron chi connectivity index (χ3n) is 3.92. The van der Waals surface area contributed by atoms with Crippen molar-refractivity contribution in [3.8, 4) is 0 Å². The number of aryl methyl sites for hydroxylation is 1. The molecule has 0 unspecified atom stereocenters. The van der Waals surface area contributed by atoms with Crippen LogP contribution in [0.15, 0.2) is 24.4 Å². The third kappa shape index (κ3) is 1.59. The fourth-order valence-electron chi connectivity index (χ4n) is 2.73. The molecule has 1 aromatic heterocycles. The van der Waals surface area contributed by atoms with Gasteiger partial charge in [-0.15, -0.1) is 0 Å². The number of anilines is 1. The summed E-state index contributed by atoms with van der Waals surface area (Å²) in [5.74, 6) is 0.727. The minimum Gasteiger partial charge on any atom is -0.387 e. The number of hydrogen-bond acceptors (Lipinski definition) is 2. The van der Waals surface area contributed by atoms with Crippen LogP contribution < -0.4 is 5.32 Å². The van der Waals surface area contributed by atoms with Gasteiger partial charge in [-0.25, -0.2) is 0 Å². The van der Waals surface area contributed by atoms with E-state index < -0.39 is 0 Å². The largest absolute Gasteiger partial charge is 0.387 e.